The van der Waals surface area contributed by atoms with Gasteiger partial charge in [0.05, 0.1) is 0 Å². The third kappa shape index (κ3) is 4.36. The zero-order valence-corrected chi connectivity index (χ0v) is 12.4. The van der Waals surface area contributed by atoms with Gasteiger partial charge in [0.25, 0.3) is 0 Å². The van der Waals surface area contributed by atoms with Crippen LogP contribution in [0.5, 0.6) is 0 Å². The molecule has 2 rings (SSSR count). The highest BCUT2D eigenvalue weighted by Gasteiger charge is 2.10. The van der Waals surface area contributed by atoms with Gasteiger partial charge in [0.2, 0.25) is 0 Å². The number of aryl methyl sites for hydroxylation is 1. The number of likely N-dealkylation sites (N-methyl/N-ethyl adjacent to an activating group) is 1. The first-order chi connectivity index (χ1) is 9.15. The van der Waals surface area contributed by atoms with Crippen LogP contribution in [0.4, 0.5) is 5.82 Å². The Morgan fingerprint density at radius 2 is 2.32 bits per heavy atom. The molecule has 104 valence electrons. The van der Waals surface area contributed by atoms with Gasteiger partial charge < -0.3 is 10.6 Å². The van der Waals surface area contributed by atoms with E-state index in [0.717, 1.165) is 25.9 Å². The van der Waals surface area contributed by atoms with E-state index in [0.29, 0.717) is 11.9 Å². The Morgan fingerprint density at radius 3 is 2.95 bits per heavy atom. The smallest absolute Gasteiger partial charge is 0.145 e. The minimum Gasteiger partial charge on any atom is -0.382 e. The van der Waals surface area contributed by atoms with Crippen LogP contribution in [0.1, 0.15) is 18.2 Å². The molecule has 0 radical (unpaired) electrons. The van der Waals surface area contributed by atoms with Crippen LogP contribution in [-0.4, -0.2) is 34.3 Å². The molecule has 0 aliphatic carbocycles. The second-order valence-corrected chi connectivity index (χ2v) is 6.00. The second kappa shape index (κ2) is 6.73. The Balaban J connectivity index is 1.70. The second-order valence-electron chi connectivity index (χ2n) is 4.97. The molecular formula is C14H22N4S. The average molecular weight is 278 g/mol. The summed E-state index contributed by atoms with van der Waals surface area (Å²) in [5.41, 5.74) is 5.59. The van der Waals surface area contributed by atoms with Crippen molar-refractivity contribution in [3.63, 3.8) is 0 Å². The monoisotopic (exact) mass is 278 g/mol. The van der Waals surface area contributed by atoms with Crippen LogP contribution in [0, 0.1) is 0 Å². The van der Waals surface area contributed by atoms with Gasteiger partial charge in [-0.05, 0) is 50.9 Å². The summed E-state index contributed by atoms with van der Waals surface area (Å²) < 4.78 is 1.91. The summed E-state index contributed by atoms with van der Waals surface area (Å²) in [5.74, 6) is 0.597. The topological polar surface area (TPSA) is 47.1 Å². The van der Waals surface area contributed by atoms with Crippen LogP contribution in [0.25, 0.3) is 0 Å². The van der Waals surface area contributed by atoms with E-state index in [4.69, 9.17) is 5.73 Å². The highest BCUT2D eigenvalue weighted by Crippen LogP contribution is 2.13. The minimum atomic E-state index is 0.571. The van der Waals surface area contributed by atoms with E-state index < -0.39 is 0 Å². The quantitative estimate of drug-likeness (QED) is 0.846. The SMILES string of the molecule is CC(Cc1cccs1)N(C)CCCn1ccc(N)n1. The maximum Gasteiger partial charge on any atom is 0.145 e. The molecule has 2 heterocycles. The summed E-state index contributed by atoms with van der Waals surface area (Å²) in [6, 6.07) is 6.74. The molecule has 0 fully saturated rings. The molecule has 0 aliphatic heterocycles. The minimum absolute atomic E-state index is 0.571. The summed E-state index contributed by atoms with van der Waals surface area (Å²) in [7, 11) is 2.19. The van der Waals surface area contributed by atoms with Crippen molar-refractivity contribution in [3.05, 3.63) is 34.7 Å². The van der Waals surface area contributed by atoms with Crippen LogP contribution in [0.2, 0.25) is 0 Å². The maximum absolute atomic E-state index is 5.59. The van der Waals surface area contributed by atoms with Crippen LogP contribution < -0.4 is 5.73 Å². The molecule has 2 aromatic rings. The normalized spacial score (nSPS) is 13.0. The summed E-state index contributed by atoms with van der Waals surface area (Å²) in [6.07, 6.45) is 4.15. The molecule has 5 heteroatoms. The van der Waals surface area contributed by atoms with Crippen molar-refractivity contribution in [2.75, 3.05) is 19.3 Å². The highest BCUT2D eigenvalue weighted by atomic mass is 32.1. The van der Waals surface area contributed by atoms with E-state index in [1.54, 1.807) is 0 Å². The number of nitrogen functional groups attached to an aromatic ring is 1. The van der Waals surface area contributed by atoms with Crippen molar-refractivity contribution >= 4 is 17.2 Å². The lowest BCUT2D eigenvalue weighted by Crippen LogP contribution is -2.32. The van der Waals surface area contributed by atoms with E-state index in [1.807, 2.05) is 28.3 Å². The van der Waals surface area contributed by atoms with E-state index in [2.05, 4.69) is 41.5 Å². The molecule has 2 aromatic heterocycles. The van der Waals surface area contributed by atoms with E-state index in [-0.39, 0.29) is 0 Å². The molecule has 0 saturated carbocycles. The van der Waals surface area contributed by atoms with Crippen LogP contribution in [-0.2, 0) is 13.0 Å². The molecule has 0 saturated heterocycles. The first-order valence-electron chi connectivity index (χ1n) is 6.66. The van der Waals surface area contributed by atoms with Crippen molar-refractivity contribution in [1.29, 1.82) is 0 Å². The lowest BCUT2D eigenvalue weighted by Gasteiger charge is -2.24. The number of nitrogens with two attached hydrogens (primary N) is 1. The Hall–Kier alpha value is -1.33. The molecule has 4 nitrogen and oxygen atoms in total. The average Bonchev–Trinajstić information content (AvgIpc) is 3.01. The fourth-order valence-electron chi connectivity index (χ4n) is 2.08. The zero-order valence-electron chi connectivity index (χ0n) is 11.6. The summed E-state index contributed by atoms with van der Waals surface area (Å²) in [6.45, 7) is 4.28. The molecule has 0 amide bonds. The Morgan fingerprint density at radius 1 is 1.47 bits per heavy atom. The molecule has 0 bridgehead atoms. The number of rotatable bonds is 7. The molecule has 2 N–H and O–H groups in total. The Labute approximate surface area is 118 Å². The van der Waals surface area contributed by atoms with Crippen molar-refractivity contribution in [1.82, 2.24) is 14.7 Å². The Bertz CT molecular complexity index is 477. The van der Waals surface area contributed by atoms with Gasteiger partial charge >= 0.3 is 0 Å². The van der Waals surface area contributed by atoms with Gasteiger partial charge in [-0.3, -0.25) is 4.68 Å². The van der Waals surface area contributed by atoms with Crippen molar-refractivity contribution in [2.45, 2.75) is 32.4 Å². The molecule has 0 spiro atoms. The summed E-state index contributed by atoms with van der Waals surface area (Å²) >= 11 is 1.84. The number of hydrogen-bond acceptors (Lipinski definition) is 4. The lowest BCUT2D eigenvalue weighted by molar-refractivity contribution is 0.248. The number of aromatic nitrogens is 2. The molecule has 19 heavy (non-hydrogen) atoms. The number of anilines is 1. The van der Waals surface area contributed by atoms with E-state index >= 15 is 0 Å². The number of thiophene rings is 1. The van der Waals surface area contributed by atoms with E-state index in [9.17, 15) is 0 Å². The highest BCUT2D eigenvalue weighted by molar-refractivity contribution is 7.09. The van der Waals surface area contributed by atoms with Crippen molar-refractivity contribution in [2.24, 2.45) is 0 Å². The molecule has 0 aromatic carbocycles. The summed E-state index contributed by atoms with van der Waals surface area (Å²) in [4.78, 5) is 3.87. The third-order valence-corrected chi connectivity index (χ3v) is 4.29. The first-order valence-corrected chi connectivity index (χ1v) is 7.54. The predicted molar refractivity (Wildman–Crippen MR) is 81.4 cm³/mol. The van der Waals surface area contributed by atoms with Gasteiger partial charge in [-0.2, -0.15) is 5.10 Å². The van der Waals surface area contributed by atoms with Crippen LogP contribution >= 0.6 is 11.3 Å². The van der Waals surface area contributed by atoms with Crippen LogP contribution in [0.15, 0.2) is 29.8 Å². The predicted octanol–water partition coefficient (Wildman–Crippen LogP) is 2.48. The fourth-order valence-corrected chi connectivity index (χ4v) is 2.91. The summed E-state index contributed by atoms with van der Waals surface area (Å²) in [5, 5.41) is 6.33. The van der Waals surface area contributed by atoms with Gasteiger partial charge in [-0.25, -0.2) is 0 Å². The van der Waals surface area contributed by atoms with Gasteiger partial charge in [0, 0.05) is 23.7 Å². The third-order valence-electron chi connectivity index (χ3n) is 3.39. The first kappa shape index (κ1) is 14.1. The fraction of sp³-hybridized carbons (Fsp3) is 0.500. The molecule has 1 atom stereocenters. The zero-order chi connectivity index (χ0) is 13.7. The van der Waals surface area contributed by atoms with Crippen molar-refractivity contribution in [3.8, 4) is 0 Å². The standard InChI is InChI=1S/C14H22N4S/c1-12(11-13-5-3-10-19-13)17(2)7-4-8-18-9-6-14(15)16-18/h3,5-6,9-10,12H,4,7-8,11H2,1-2H3,(H2,15,16). The molecule has 0 aliphatic rings. The lowest BCUT2D eigenvalue weighted by atomic mass is 10.2. The maximum atomic E-state index is 5.59. The molecular weight excluding hydrogens is 256 g/mol. The van der Waals surface area contributed by atoms with Gasteiger partial charge in [0.15, 0.2) is 0 Å². The number of nitrogens with zero attached hydrogens (tertiary/aromatic N) is 3. The van der Waals surface area contributed by atoms with Gasteiger partial charge in [-0.15, -0.1) is 11.3 Å². The largest absolute Gasteiger partial charge is 0.382 e. The molecule has 1 unspecified atom stereocenters. The van der Waals surface area contributed by atoms with Gasteiger partial charge in [0.1, 0.15) is 5.82 Å². The number of hydrogen-bond donors (Lipinski definition) is 1. The van der Waals surface area contributed by atoms with E-state index in [1.165, 1.54) is 4.88 Å². The van der Waals surface area contributed by atoms with Crippen LogP contribution in [0.3, 0.4) is 0 Å². The van der Waals surface area contributed by atoms with Gasteiger partial charge in [-0.1, -0.05) is 6.07 Å². The Kier molecular flexibility index (Phi) is 4.99. The van der Waals surface area contributed by atoms with Crippen molar-refractivity contribution < 1.29 is 0 Å².